The van der Waals surface area contributed by atoms with Crippen LogP contribution in [0.1, 0.15) is 51.4 Å². The van der Waals surface area contributed by atoms with E-state index in [1.54, 1.807) is 30.7 Å². The molecule has 0 amide bonds. The summed E-state index contributed by atoms with van der Waals surface area (Å²) in [5.74, 6) is 1.93. The lowest BCUT2D eigenvalue weighted by Crippen LogP contribution is -2.37. The number of pyridine rings is 2. The number of nitrogens with one attached hydrogen (secondary N) is 2. The molecule has 3 aromatic rings. The van der Waals surface area contributed by atoms with Crippen LogP contribution in [0.5, 0.6) is 5.88 Å². The average Bonchev–Trinajstić information content (AvgIpc) is 3.52. The van der Waals surface area contributed by atoms with Crippen molar-refractivity contribution >= 4 is 38.4 Å². The highest BCUT2D eigenvalue weighted by molar-refractivity contribution is 7.93. The highest BCUT2D eigenvalue weighted by atomic mass is 32.2. The standard InChI is InChI=1S/C27H35N7O4S/c35-39(36,22-4-1-2-5-22)33-20-16-23-24(30-18-20)17-25(34-12-14-37-15-13-34)32-26(23)38-21-8-6-19(7-9-21)31-27-28-10-3-11-29-27/h3,10-11,16-19,21-22,33H,1-2,4-9,12-15H2,(H,28,29,31)/t19-,21+. The lowest BCUT2D eigenvalue weighted by atomic mass is 9.93. The van der Waals surface area contributed by atoms with E-state index in [1.807, 2.05) is 6.07 Å². The zero-order chi connectivity index (χ0) is 26.7. The molecule has 3 aliphatic rings. The van der Waals surface area contributed by atoms with Crippen molar-refractivity contribution in [1.29, 1.82) is 0 Å². The summed E-state index contributed by atoms with van der Waals surface area (Å²) in [6, 6.07) is 5.84. The third-order valence-electron chi connectivity index (χ3n) is 7.82. The first-order chi connectivity index (χ1) is 19.0. The predicted octanol–water partition coefficient (Wildman–Crippen LogP) is 3.74. The largest absolute Gasteiger partial charge is 0.474 e. The molecule has 2 saturated carbocycles. The molecule has 12 heteroatoms. The fourth-order valence-electron chi connectivity index (χ4n) is 5.67. The Hall–Kier alpha value is -3.25. The van der Waals surface area contributed by atoms with Crippen molar-refractivity contribution in [2.45, 2.75) is 68.8 Å². The summed E-state index contributed by atoms with van der Waals surface area (Å²) in [5, 5.41) is 3.77. The van der Waals surface area contributed by atoms with Gasteiger partial charge in [0.1, 0.15) is 11.9 Å². The third kappa shape index (κ3) is 6.17. The Labute approximate surface area is 228 Å². The van der Waals surface area contributed by atoms with Crippen molar-refractivity contribution in [2.24, 2.45) is 0 Å². The number of nitrogens with zero attached hydrogens (tertiary/aromatic N) is 5. The normalized spacial score (nSPS) is 22.6. The van der Waals surface area contributed by atoms with Crippen molar-refractivity contribution in [3.05, 3.63) is 36.8 Å². The van der Waals surface area contributed by atoms with Gasteiger partial charge in [-0.25, -0.2) is 18.4 Å². The highest BCUT2D eigenvalue weighted by Gasteiger charge is 2.29. The van der Waals surface area contributed by atoms with Crippen LogP contribution in [0.4, 0.5) is 17.5 Å². The van der Waals surface area contributed by atoms with E-state index in [1.165, 1.54) is 0 Å². The molecule has 11 nitrogen and oxygen atoms in total. The molecular formula is C27H35N7O4S. The van der Waals surface area contributed by atoms with Crippen molar-refractivity contribution in [3.63, 3.8) is 0 Å². The minimum atomic E-state index is -3.47. The van der Waals surface area contributed by atoms with Crippen LogP contribution in [0.2, 0.25) is 0 Å². The maximum atomic E-state index is 12.9. The molecule has 0 unspecified atom stereocenters. The van der Waals surface area contributed by atoms with Gasteiger partial charge in [0.25, 0.3) is 0 Å². The van der Waals surface area contributed by atoms with Crippen molar-refractivity contribution < 1.29 is 17.9 Å². The second kappa shape index (κ2) is 11.5. The summed E-state index contributed by atoms with van der Waals surface area (Å²) in [7, 11) is -3.47. The fraction of sp³-hybridized carbons (Fsp3) is 0.556. The molecule has 2 aliphatic carbocycles. The summed E-state index contributed by atoms with van der Waals surface area (Å²) in [4.78, 5) is 20.3. The molecular weight excluding hydrogens is 518 g/mol. The number of anilines is 3. The lowest BCUT2D eigenvalue weighted by Gasteiger charge is -2.31. The third-order valence-corrected chi connectivity index (χ3v) is 9.69. The molecule has 0 atom stereocenters. The van der Waals surface area contributed by atoms with Gasteiger partial charge < -0.3 is 19.7 Å². The first-order valence-electron chi connectivity index (χ1n) is 13.9. The number of morpholine rings is 1. The van der Waals surface area contributed by atoms with Crippen molar-refractivity contribution in [1.82, 2.24) is 19.9 Å². The van der Waals surface area contributed by atoms with Crippen LogP contribution in [0.3, 0.4) is 0 Å². The summed E-state index contributed by atoms with van der Waals surface area (Å²) >= 11 is 0. The first-order valence-corrected chi connectivity index (χ1v) is 15.4. The number of ether oxygens (including phenoxy) is 2. The Balaban J connectivity index is 1.23. The van der Waals surface area contributed by atoms with Gasteiger partial charge in [-0.1, -0.05) is 12.8 Å². The zero-order valence-corrected chi connectivity index (χ0v) is 22.8. The molecule has 0 radical (unpaired) electrons. The number of rotatable bonds is 8. The van der Waals surface area contributed by atoms with E-state index in [9.17, 15) is 8.42 Å². The van der Waals surface area contributed by atoms with Crippen LogP contribution in [0.15, 0.2) is 36.8 Å². The van der Waals surface area contributed by atoms with E-state index in [2.05, 4.69) is 29.9 Å². The Kier molecular flexibility index (Phi) is 7.64. The number of aromatic nitrogens is 4. The second-order valence-electron chi connectivity index (χ2n) is 10.5. The maximum absolute atomic E-state index is 12.9. The summed E-state index contributed by atoms with van der Waals surface area (Å²) < 4.78 is 40.7. The maximum Gasteiger partial charge on any atom is 0.235 e. The van der Waals surface area contributed by atoms with Gasteiger partial charge in [-0.2, -0.15) is 4.98 Å². The molecule has 4 heterocycles. The van der Waals surface area contributed by atoms with Crippen LogP contribution in [0.25, 0.3) is 10.9 Å². The van der Waals surface area contributed by atoms with E-state index in [4.69, 9.17) is 14.5 Å². The van der Waals surface area contributed by atoms with Crippen LogP contribution in [0, 0.1) is 0 Å². The molecule has 208 valence electrons. The predicted molar refractivity (Wildman–Crippen MR) is 150 cm³/mol. The van der Waals surface area contributed by atoms with Gasteiger partial charge in [0, 0.05) is 37.6 Å². The van der Waals surface area contributed by atoms with Gasteiger partial charge in [-0.3, -0.25) is 9.71 Å². The molecule has 0 aromatic carbocycles. The Morgan fingerprint density at radius 2 is 1.69 bits per heavy atom. The SMILES string of the molecule is O=S(=O)(Nc1cnc2cc(N3CCOCC3)nc(O[C@H]3CC[C@@H](Nc4ncccn4)CC3)c2c1)C1CCCC1. The zero-order valence-electron chi connectivity index (χ0n) is 22.0. The molecule has 1 saturated heterocycles. The van der Waals surface area contributed by atoms with Crippen LogP contribution < -0.4 is 19.7 Å². The Morgan fingerprint density at radius 1 is 0.949 bits per heavy atom. The molecule has 6 rings (SSSR count). The van der Waals surface area contributed by atoms with Gasteiger partial charge in [0.2, 0.25) is 21.9 Å². The number of fused-ring (bicyclic) bond motifs is 1. The highest BCUT2D eigenvalue weighted by Crippen LogP contribution is 2.34. The summed E-state index contributed by atoms with van der Waals surface area (Å²) in [6.45, 7) is 2.78. The lowest BCUT2D eigenvalue weighted by molar-refractivity contribution is 0.122. The number of hydrogen-bond acceptors (Lipinski definition) is 10. The average molecular weight is 554 g/mol. The van der Waals surface area contributed by atoms with Gasteiger partial charge in [-0.05, 0) is 50.7 Å². The van der Waals surface area contributed by atoms with Crippen LogP contribution in [-0.4, -0.2) is 72.1 Å². The van der Waals surface area contributed by atoms with Crippen LogP contribution >= 0.6 is 0 Å². The first kappa shape index (κ1) is 26.0. The summed E-state index contributed by atoms with van der Waals surface area (Å²) in [5.41, 5.74) is 1.16. The quantitative estimate of drug-likeness (QED) is 0.425. The molecule has 1 aliphatic heterocycles. The monoisotopic (exact) mass is 553 g/mol. The van der Waals surface area contributed by atoms with Crippen molar-refractivity contribution in [3.8, 4) is 5.88 Å². The summed E-state index contributed by atoms with van der Waals surface area (Å²) in [6.07, 6.45) is 11.9. The number of hydrogen-bond donors (Lipinski definition) is 2. The van der Waals surface area contributed by atoms with E-state index >= 15 is 0 Å². The smallest absolute Gasteiger partial charge is 0.235 e. The Morgan fingerprint density at radius 3 is 2.44 bits per heavy atom. The topological polar surface area (TPSA) is 131 Å². The Bertz CT molecular complexity index is 1370. The molecule has 2 N–H and O–H groups in total. The van der Waals surface area contributed by atoms with Crippen molar-refractivity contribution in [2.75, 3.05) is 41.2 Å². The van der Waals surface area contributed by atoms with Gasteiger partial charge in [0.15, 0.2) is 0 Å². The van der Waals surface area contributed by atoms with E-state index in [-0.39, 0.29) is 17.4 Å². The minimum Gasteiger partial charge on any atom is -0.474 e. The molecule has 0 bridgehead atoms. The second-order valence-corrected chi connectivity index (χ2v) is 12.5. The van der Waals surface area contributed by atoms with Gasteiger partial charge in [-0.15, -0.1) is 0 Å². The van der Waals surface area contributed by atoms with E-state index in [0.717, 1.165) is 62.9 Å². The van der Waals surface area contributed by atoms with E-state index < -0.39 is 10.0 Å². The fourth-order valence-corrected chi connectivity index (χ4v) is 7.23. The van der Waals surface area contributed by atoms with E-state index in [0.29, 0.717) is 49.0 Å². The van der Waals surface area contributed by atoms with Crippen LogP contribution in [-0.2, 0) is 14.8 Å². The minimum absolute atomic E-state index is 0.00535. The number of sulfonamides is 1. The molecule has 3 fully saturated rings. The molecule has 39 heavy (non-hydrogen) atoms. The van der Waals surface area contributed by atoms with Gasteiger partial charge in [0.05, 0.1) is 41.3 Å². The molecule has 3 aromatic heterocycles. The molecule has 0 spiro atoms. The van der Waals surface area contributed by atoms with Gasteiger partial charge >= 0.3 is 0 Å².